The fourth-order valence-electron chi connectivity index (χ4n) is 2.70. The minimum absolute atomic E-state index is 0.0779. The summed E-state index contributed by atoms with van der Waals surface area (Å²) in [5.41, 5.74) is 2.23. The molecule has 5 heteroatoms. The highest BCUT2D eigenvalue weighted by molar-refractivity contribution is 7.90. The topological polar surface area (TPSA) is 49.4 Å². The van der Waals surface area contributed by atoms with E-state index in [-0.39, 0.29) is 11.8 Å². The van der Waals surface area contributed by atoms with Gasteiger partial charge in [0.1, 0.15) is 9.84 Å². The molecule has 1 heterocycles. The second-order valence-corrected chi connectivity index (χ2v) is 7.92. The average Bonchev–Trinajstić information content (AvgIpc) is 2.38. The monoisotopic (exact) mass is 296 g/mol. The summed E-state index contributed by atoms with van der Waals surface area (Å²) in [5, 5.41) is 3.23. The van der Waals surface area contributed by atoms with E-state index in [9.17, 15) is 8.42 Å². The fourth-order valence-corrected chi connectivity index (χ4v) is 3.69. The zero-order chi connectivity index (χ0) is 14.6. The Morgan fingerprint density at radius 1 is 1.15 bits per heavy atom. The van der Waals surface area contributed by atoms with Gasteiger partial charge >= 0.3 is 0 Å². The molecule has 4 nitrogen and oxygen atoms in total. The summed E-state index contributed by atoms with van der Waals surface area (Å²) in [7, 11) is -2.94. The molecule has 1 fully saturated rings. The van der Waals surface area contributed by atoms with Crippen molar-refractivity contribution in [2.45, 2.75) is 32.2 Å². The largest absolute Gasteiger partial charge is 0.382 e. The second-order valence-electron chi connectivity index (χ2n) is 5.73. The second kappa shape index (κ2) is 6.48. The predicted octanol–water partition coefficient (Wildman–Crippen LogP) is 2.52. The molecule has 0 bridgehead atoms. The molecule has 1 aliphatic heterocycles. The molecule has 0 saturated carbocycles. The van der Waals surface area contributed by atoms with Crippen LogP contribution in [0.25, 0.3) is 0 Å². The van der Waals surface area contributed by atoms with Gasteiger partial charge in [-0.1, -0.05) is 0 Å². The summed E-state index contributed by atoms with van der Waals surface area (Å²) in [5.74, 6) is 0.154. The molecule has 0 spiro atoms. The number of rotatable bonds is 5. The van der Waals surface area contributed by atoms with E-state index in [1.165, 1.54) is 31.2 Å². The molecule has 0 amide bonds. The van der Waals surface area contributed by atoms with Crippen molar-refractivity contribution in [1.29, 1.82) is 0 Å². The molecule has 1 atom stereocenters. The first-order valence-corrected chi connectivity index (χ1v) is 9.29. The van der Waals surface area contributed by atoms with Gasteiger partial charge in [-0.25, -0.2) is 8.42 Å². The maximum absolute atomic E-state index is 11.2. The predicted molar refractivity (Wildman–Crippen MR) is 85.3 cm³/mol. The van der Waals surface area contributed by atoms with Crippen LogP contribution >= 0.6 is 0 Å². The third-order valence-corrected chi connectivity index (χ3v) is 4.66. The smallest absolute Gasteiger partial charge is 0.149 e. The van der Waals surface area contributed by atoms with Gasteiger partial charge in [0.2, 0.25) is 0 Å². The van der Waals surface area contributed by atoms with Crippen LogP contribution in [0.15, 0.2) is 24.3 Å². The lowest BCUT2D eigenvalue weighted by Crippen LogP contribution is -2.29. The summed E-state index contributed by atoms with van der Waals surface area (Å²) >= 11 is 0. The van der Waals surface area contributed by atoms with Gasteiger partial charge in [0.05, 0.1) is 5.75 Å². The van der Waals surface area contributed by atoms with Crippen molar-refractivity contribution >= 4 is 21.2 Å². The maximum Gasteiger partial charge on any atom is 0.149 e. The van der Waals surface area contributed by atoms with Crippen LogP contribution < -0.4 is 10.2 Å². The van der Waals surface area contributed by atoms with Gasteiger partial charge in [-0.05, 0) is 50.5 Å². The SMILES string of the molecule is CC(CS(C)(=O)=O)Nc1ccc(N2CCCCC2)cc1. The van der Waals surface area contributed by atoms with Gasteiger partial charge in [0, 0.05) is 36.8 Å². The standard InChI is InChI=1S/C15H24N2O2S/c1-13(12-20(2,18)19)16-14-6-8-15(9-7-14)17-10-4-3-5-11-17/h6-9,13,16H,3-5,10-12H2,1-2H3. The molecule has 0 radical (unpaired) electrons. The Hall–Kier alpha value is -1.23. The molecular formula is C15H24N2O2S. The lowest BCUT2D eigenvalue weighted by atomic mass is 10.1. The van der Waals surface area contributed by atoms with Crippen LogP contribution in [0, 0.1) is 0 Å². The Labute approximate surface area is 122 Å². The first-order valence-electron chi connectivity index (χ1n) is 7.23. The molecule has 1 N–H and O–H groups in total. The summed E-state index contributed by atoms with van der Waals surface area (Å²) in [6.45, 7) is 4.16. The number of anilines is 2. The molecular weight excluding hydrogens is 272 g/mol. The first-order chi connectivity index (χ1) is 9.44. The molecule has 112 valence electrons. The number of sulfone groups is 1. The van der Waals surface area contributed by atoms with Crippen molar-refractivity contribution in [3.05, 3.63) is 24.3 Å². The van der Waals surface area contributed by atoms with E-state index in [1.54, 1.807) is 0 Å². The number of nitrogens with one attached hydrogen (secondary N) is 1. The van der Waals surface area contributed by atoms with Crippen molar-refractivity contribution in [2.75, 3.05) is 35.3 Å². The zero-order valence-electron chi connectivity index (χ0n) is 12.3. The third kappa shape index (κ3) is 4.71. The highest BCUT2D eigenvalue weighted by Gasteiger charge is 2.12. The first kappa shape index (κ1) is 15.2. The fraction of sp³-hybridized carbons (Fsp3) is 0.600. The van der Waals surface area contributed by atoms with Crippen molar-refractivity contribution in [1.82, 2.24) is 0 Å². The highest BCUT2D eigenvalue weighted by atomic mass is 32.2. The summed E-state index contributed by atoms with van der Waals surface area (Å²) in [6, 6.07) is 8.21. The average molecular weight is 296 g/mol. The number of benzene rings is 1. The minimum Gasteiger partial charge on any atom is -0.382 e. The lowest BCUT2D eigenvalue weighted by molar-refractivity contribution is 0.578. The number of hydrogen-bond donors (Lipinski definition) is 1. The molecule has 1 aliphatic rings. The maximum atomic E-state index is 11.2. The van der Waals surface area contributed by atoms with E-state index < -0.39 is 9.84 Å². The normalized spacial score (nSPS) is 17.8. The van der Waals surface area contributed by atoms with E-state index in [0.29, 0.717) is 0 Å². The quantitative estimate of drug-likeness (QED) is 0.907. The van der Waals surface area contributed by atoms with E-state index >= 15 is 0 Å². The molecule has 2 rings (SSSR count). The van der Waals surface area contributed by atoms with Gasteiger partial charge in [0.25, 0.3) is 0 Å². The number of piperidine rings is 1. The van der Waals surface area contributed by atoms with Crippen LogP contribution in [0.4, 0.5) is 11.4 Å². The highest BCUT2D eigenvalue weighted by Crippen LogP contribution is 2.22. The molecule has 20 heavy (non-hydrogen) atoms. The molecule has 1 aromatic rings. The summed E-state index contributed by atoms with van der Waals surface area (Å²) in [6.07, 6.45) is 5.14. The Kier molecular flexibility index (Phi) is 4.91. The third-order valence-electron chi connectivity index (χ3n) is 3.55. The molecule has 0 aliphatic carbocycles. The zero-order valence-corrected chi connectivity index (χ0v) is 13.1. The minimum atomic E-state index is -2.94. The van der Waals surface area contributed by atoms with Crippen LogP contribution in [0.3, 0.4) is 0 Å². The van der Waals surface area contributed by atoms with Crippen molar-refractivity contribution < 1.29 is 8.42 Å². The van der Waals surface area contributed by atoms with Crippen LogP contribution in [0.1, 0.15) is 26.2 Å². The Balaban J connectivity index is 1.94. The Bertz CT molecular complexity index is 519. The summed E-state index contributed by atoms with van der Waals surface area (Å²) < 4.78 is 22.5. The summed E-state index contributed by atoms with van der Waals surface area (Å²) in [4.78, 5) is 2.41. The van der Waals surface area contributed by atoms with Gasteiger partial charge in [0.15, 0.2) is 0 Å². The van der Waals surface area contributed by atoms with Crippen LogP contribution in [-0.2, 0) is 9.84 Å². The van der Waals surface area contributed by atoms with E-state index in [4.69, 9.17) is 0 Å². The van der Waals surface area contributed by atoms with E-state index in [2.05, 4.69) is 22.3 Å². The van der Waals surface area contributed by atoms with Gasteiger partial charge in [-0.3, -0.25) is 0 Å². The Morgan fingerprint density at radius 2 is 1.75 bits per heavy atom. The van der Waals surface area contributed by atoms with E-state index in [0.717, 1.165) is 18.8 Å². The Morgan fingerprint density at radius 3 is 2.30 bits per heavy atom. The molecule has 1 aromatic carbocycles. The van der Waals surface area contributed by atoms with Crippen molar-refractivity contribution in [3.63, 3.8) is 0 Å². The molecule has 1 unspecified atom stereocenters. The van der Waals surface area contributed by atoms with Crippen LogP contribution in [-0.4, -0.2) is 39.6 Å². The van der Waals surface area contributed by atoms with Gasteiger partial charge in [-0.15, -0.1) is 0 Å². The van der Waals surface area contributed by atoms with Crippen molar-refractivity contribution in [3.8, 4) is 0 Å². The van der Waals surface area contributed by atoms with Crippen molar-refractivity contribution in [2.24, 2.45) is 0 Å². The number of nitrogens with zero attached hydrogens (tertiary/aromatic N) is 1. The van der Waals surface area contributed by atoms with Gasteiger partial charge in [-0.2, -0.15) is 0 Å². The van der Waals surface area contributed by atoms with Crippen LogP contribution in [0.5, 0.6) is 0 Å². The lowest BCUT2D eigenvalue weighted by Gasteiger charge is -2.29. The van der Waals surface area contributed by atoms with E-state index in [1.807, 2.05) is 19.1 Å². The van der Waals surface area contributed by atoms with Crippen LogP contribution in [0.2, 0.25) is 0 Å². The molecule has 0 aromatic heterocycles. The molecule has 1 saturated heterocycles. The number of hydrogen-bond acceptors (Lipinski definition) is 4. The van der Waals surface area contributed by atoms with Gasteiger partial charge < -0.3 is 10.2 Å².